The van der Waals surface area contributed by atoms with Crippen molar-refractivity contribution in [1.82, 2.24) is 14.8 Å². The minimum atomic E-state index is 0.249. The van der Waals surface area contributed by atoms with Gasteiger partial charge in [0, 0.05) is 43.9 Å². The number of nitrogens with one attached hydrogen (secondary N) is 1. The third-order valence-electron chi connectivity index (χ3n) is 6.04. The van der Waals surface area contributed by atoms with Crippen LogP contribution >= 0.6 is 0 Å². The quantitative estimate of drug-likeness (QED) is 0.470. The van der Waals surface area contributed by atoms with Crippen molar-refractivity contribution in [2.75, 3.05) is 58.2 Å². The lowest BCUT2D eigenvalue weighted by atomic mass is 10.0. The number of piperazine rings is 1. The van der Waals surface area contributed by atoms with Crippen molar-refractivity contribution in [1.29, 1.82) is 0 Å². The van der Waals surface area contributed by atoms with Gasteiger partial charge in [0.15, 0.2) is 0 Å². The normalized spacial score (nSPS) is 14.8. The fraction of sp³-hybridized carbons (Fsp3) is 0.370. The van der Waals surface area contributed by atoms with E-state index in [1.807, 2.05) is 37.3 Å². The molecule has 4 rings (SSSR count). The summed E-state index contributed by atoms with van der Waals surface area (Å²) < 4.78 is 5.88. The van der Waals surface area contributed by atoms with E-state index in [1.165, 1.54) is 0 Å². The highest BCUT2D eigenvalue weighted by molar-refractivity contribution is 5.77. The molecule has 0 spiro atoms. The van der Waals surface area contributed by atoms with Crippen molar-refractivity contribution >= 4 is 5.82 Å². The van der Waals surface area contributed by atoms with Gasteiger partial charge in [0.25, 0.3) is 0 Å². The molecule has 1 saturated heterocycles. The third-order valence-corrected chi connectivity index (χ3v) is 6.04. The number of ether oxygens (including phenoxy) is 1. The van der Waals surface area contributed by atoms with Gasteiger partial charge >= 0.3 is 0 Å². The van der Waals surface area contributed by atoms with Crippen molar-refractivity contribution in [3.8, 4) is 33.9 Å². The van der Waals surface area contributed by atoms with Crippen LogP contribution in [0, 0.1) is 0 Å². The Hall–Kier alpha value is -3.09. The Balaban J connectivity index is 1.54. The van der Waals surface area contributed by atoms with Gasteiger partial charge in [-0.15, -0.1) is 0 Å². The van der Waals surface area contributed by atoms with Crippen LogP contribution in [-0.2, 0) is 0 Å². The van der Waals surface area contributed by atoms with Gasteiger partial charge in [0.05, 0.1) is 12.3 Å². The molecule has 1 fully saturated rings. The molecular weight excluding hydrogens is 412 g/mol. The van der Waals surface area contributed by atoms with Crippen LogP contribution in [-0.4, -0.2) is 72.8 Å². The molecule has 2 heterocycles. The highest BCUT2D eigenvalue weighted by Gasteiger charge is 2.14. The molecule has 1 aliphatic rings. The van der Waals surface area contributed by atoms with E-state index in [9.17, 15) is 5.11 Å². The zero-order chi connectivity index (χ0) is 23.0. The number of likely N-dealkylation sites (N-methyl/N-ethyl adjacent to an activating group) is 1. The number of para-hydroxylation sites is 1. The molecular formula is C27H34N4O2. The van der Waals surface area contributed by atoms with Gasteiger partial charge in [-0.2, -0.15) is 0 Å². The summed E-state index contributed by atoms with van der Waals surface area (Å²) in [7, 11) is 2.19. The smallest absolute Gasteiger partial charge is 0.127 e. The third kappa shape index (κ3) is 6.24. The lowest BCUT2D eigenvalue weighted by Crippen LogP contribution is -2.44. The standard InChI is InChI=1S/C27H34N4O2/c1-3-33-26-8-5-4-7-24(26)22-19-25(21-9-11-23(32)12-10-21)29-27(20-22)28-13-6-14-31-17-15-30(2)16-18-31/h4-5,7-12,19-20,32H,3,6,13-18H2,1-2H3,(H,28,29). The lowest BCUT2D eigenvalue weighted by Gasteiger charge is -2.32. The summed E-state index contributed by atoms with van der Waals surface area (Å²) in [6, 6.07) is 19.5. The second-order valence-electron chi connectivity index (χ2n) is 8.53. The predicted molar refractivity (Wildman–Crippen MR) is 135 cm³/mol. The van der Waals surface area contributed by atoms with Gasteiger partial charge in [-0.25, -0.2) is 4.98 Å². The van der Waals surface area contributed by atoms with Gasteiger partial charge in [0.2, 0.25) is 0 Å². The Bertz CT molecular complexity index is 1030. The molecule has 6 heteroatoms. The molecule has 2 aromatic carbocycles. The molecule has 33 heavy (non-hydrogen) atoms. The number of aromatic hydroxyl groups is 1. The molecule has 1 aromatic heterocycles. The average Bonchev–Trinajstić information content (AvgIpc) is 2.84. The van der Waals surface area contributed by atoms with E-state index >= 15 is 0 Å². The molecule has 0 bridgehead atoms. The first-order valence-corrected chi connectivity index (χ1v) is 11.8. The van der Waals surface area contributed by atoms with E-state index in [1.54, 1.807) is 12.1 Å². The highest BCUT2D eigenvalue weighted by atomic mass is 16.5. The number of phenols is 1. The monoisotopic (exact) mass is 446 g/mol. The SMILES string of the molecule is CCOc1ccccc1-c1cc(NCCCN2CCN(C)CC2)nc(-c2ccc(O)cc2)c1. The Morgan fingerprint density at radius 3 is 2.48 bits per heavy atom. The number of hydrogen-bond acceptors (Lipinski definition) is 6. The molecule has 0 aliphatic carbocycles. The molecule has 3 aromatic rings. The van der Waals surface area contributed by atoms with Crippen LogP contribution in [0.2, 0.25) is 0 Å². The van der Waals surface area contributed by atoms with Crippen LogP contribution in [0.4, 0.5) is 5.82 Å². The maximum Gasteiger partial charge on any atom is 0.127 e. The molecule has 2 N–H and O–H groups in total. The van der Waals surface area contributed by atoms with Crippen LogP contribution < -0.4 is 10.1 Å². The van der Waals surface area contributed by atoms with Gasteiger partial charge < -0.3 is 25.0 Å². The maximum atomic E-state index is 9.70. The zero-order valence-corrected chi connectivity index (χ0v) is 19.6. The van der Waals surface area contributed by atoms with Gasteiger partial charge in [-0.3, -0.25) is 0 Å². The fourth-order valence-electron chi connectivity index (χ4n) is 4.13. The number of anilines is 1. The molecule has 0 saturated carbocycles. The number of aromatic nitrogens is 1. The van der Waals surface area contributed by atoms with Gasteiger partial charge in [-0.05, 0) is 75.0 Å². The van der Waals surface area contributed by atoms with Crippen LogP contribution in [0.5, 0.6) is 11.5 Å². The summed E-state index contributed by atoms with van der Waals surface area (Å²) in [4.78, 5) is 9.79. The van der Waals surface area contributed by atoms with Crippen molar-refractivity contribution in [2.24, 2.45) is 0 Å². The van der Waals surface area contributed by atoms with E-state index in [0.717, 1.165) is 79.6 Å². The summed E-state index contributed by atoms with van der Waals surface area (Å²) in [5, 5.41) is 13.2. The first-order valence-electron chi connectivity index (χ1n) is 11.8. The maximum absolute atomic E-state index is 9.70. The topological polar surface area (TPSA) is 60.9 Å². The Kier molecular flexibility index (Phi) is 7.81. The Labute approximate surface area is 196 Å². The van der Waals surface area contributed by atoms with Crippen LogP contribution in [0.3, 0.4) is 0 Å². The van der Waals surface area contributed by atoms with E-state index < -0.39 is 0 Å². The van der Waals surface area contributed by atoms with E-state index in [2.05, 4.69) is 40.4 Å². The molecule has 0 atom stereocenters. The summed E-state index contributed by atoms with van der Waals surface area (Å²) in [5.41, 5.74) is 3.92. The summed E-state index contributed by atoms with van der Waals surface area (Å²) in [5.74, 6) is 1.96. The lowest BCUT2D eigenvalue weighted by molar-refractivity contribution is 0.154. The van der Waals surface area contributed by atoms with Gasteiger partial charge in [-0.1, -0.05) is 18.2 Å². The number of phenolic OH excluding ortho intramolecular Hbond substituents is 1. The molecule has 174 valence electrons. The van der Waals surface area contributed by atoms with Crippen LogP contribution in [0.15, 0.2) is 60.7 Å². The van der Waals surface area contributed by atoms with Crippen LogP contribution in [0.25, 0.3) is 22.4 Å². The highest BCUT2D eigenvalue weighted by Crippen LogP contribution is 2.34. The Morgan fingerprint density at radius 1 is 0.970 bits per heavy atom. The first-order chi connectivity index (χ1) is 16.1. The molecule has 1 aliphatic heterocycles. The number of rotatable bonds is 9. The first kappa shape index (κ1) is 23.1. The number of pyridine rings is 1. The summed E-state index contributed by atoms with van der Waals surface area (Å²) in [6.07, 6.45) is 1.07. The average molecular weight is 447 g/mol. The minimum Gasteiger partial charge on any atom is -0.508 e. The largest absolute Gasteiger partial charge is 0.508 e. The number of nitrogens with zero attached hydrogens (tertiary/aromatic N) is 3. The van der Waals surface area contributed by atoms with Crippen molar-refractivity contribution in [3.05, 3.63) is 60.7 Å². The fourth-order valence-corrected chi connectivity index (χ4v) is 4.13. The van der Waals surface area contributed by atoms with E-state index in [0.29, 0.717) is 6.61 Å². The van der Waals surface area contributed by atoms with E-state index in [4.69, 9.17) is 9.72 Å². The second-order valence-corrected chi connectivity index (χ2v) is 8.53. The van der Waals surface area contributed by atoms with Crippen molar-refractivity contribution < 1.29 is 9.84 Å². The molecule has 0 radical (unpaired) electrons. The number of hydrogen-bond donors (Lipinski definition) is 2. The van der Waals surface area contributed by atoms with Crippen molar-refractivity contribution in [3.63, 3.8) is 0 Å². The predicted octanol–water partition coefficient (Wildman–Crippen LogP) is 4.57. The molecule has 0 unspecified atom stereocenters. The zero-order valence-electron chi connectivity index (χ0n) is 19.6. The molecule has 0 amide bonds. The summed E-state index contributed by atoms with van der Waals surface area (Å²) in [6.45, 7) is 9.15. The van der Waals surface area contributed by atoms with Crippen LogP contribution in [0.1, 0.15) is 13.3 Å². The van der Waals surface area contributed by atoms with E-state index in [-0.39, 0.29) is 5.75 Å². The second kappa shape index (κ2) is 11.2. The minimum absolute atomic E-state index is 0.249. The number of benzene rings is 2. The molecule has 6 nitrogen and oxygen atoms in total. The Morgan fingerprint density at radius 2 is 1.73 bits per heavy atom. The van der Waals surface area contributed by atoms with Gasteiger partial charge in [0.1, 0.15) is 17.3 Å². The van der Waals surface area contributed by atoms with Crippen molar-refractivity contribution in [2.45, 2.75) is 13.3 Å². The summed E-state index contributed by atoms with van der Waals surface area (Å²) >= 11 is 0.